The molecule has 2 aromatic rings. The smallest absolute Gasteiger partial charge is 0.303 e. The fraction of sp³-hybridized carbons (Fsp3) is 0.375. The van der Waals surface area contributed by atoms with Crippen LogP contribution in [0.15, 0.2) is 36.4 Å². The SMILES string of the molecule is Cc1cc(CN(CCCC(=O)O)c2ccccc2)n(C)n1. The van der Waals surface area contributed by atoms with Crippen LogP contribution < -0.4 is 4.90 Å². The van der Waals surface area contributed by atoms with Gasteiger partial charge in [-0.1, -0.05) is 18.2 Å². The number of para-hydroxylation sites is 1. The third-order valence-corrected chi connectivity index (χ3v) is 3.39. The van der Waals surface area contributed by atoms with Crippen molar-refractivity contribution < 1.29 is 9.90 Å². The van der Waals surface area contributed by atoms with Crippen LogP contribution in [0.2, 0.25) is 0 Å². The Morgan fingerprint density at radius 1 is 1.33 bits per heavy atom. The molecule has 1 heterocycles. The normalized spacial score (nSPS) is 10.6. The second-order valence-corrected chi connectivity index (χ2v) is 5.16. The molecule has 0 aliphatic heterocycles. The third-order valence-electron chi connectivity index (χ3n) is 3.39. The summed E-state index contributed by atoms with van der Waals surface area (Å²) >= 11 is 0. The summed E-state index contributed by atoms with van der Waals surface area (Å²) in [4.78, 5) is 12.9. The summed E-state index contributed by atoms with van der Waals surface area (Å²) in [5.41, 5.74) is 3.21. The summed E-state index contributed by atoms with van der Waals surface area (Å²) in [5.74, 6) is -0.751. The highest BCUT2D eigenvalue weighted by molar-refractivity contribution is 5.66. The minimum absolute atomic E-state index is 0.188. The van der Waals surface area contributed by atoms with Gasteiger partial charge in [-0.15, -0.1) is 0 Å². The van der Waals surface area contributed by atoms with Gasteiger partial charge in [0.2, 0.25) is 0 Å². The maximum Gasteiger partial charge on any atom is 0.303 e. The summed E-state index contributed by atoms with van der Waals surface area (Å²) in [6.45, 7) is 3.41. The number of hydrogen-bond acceptors (Lipinski definition) is 3. The van der Waals surface area contributed by atoms with Gasteiger partial charge in [0.15, 0.2) is 0 Å². The molecule has 5 nitrogen and oxygen atoms in total. The Hall–Kier alpha value is -2.30. The number of anilines is 1. The van der Waals surface area contributed by atoms with E-state index in [0.29, 0.717) is 13.0 Å². The van der Waals surface area contributed by atoms with E-state index in [0.717, 1.165) is 23.6 Å². The van der Waals surface area contributed by atoms with Crippen LogP contribution in [0.1, 0.15) is 24.2 Å². The van der Waals surface area contributed by atoms with Crippen LogP contribution in [0.4, 0.5) is 5.69 Å². The maximum absolute atomic E-state index is 10.7. The molecule has 0 aliphatic rings. The van der Waals surface area contributed by atoms with Crippen LogP contribution in [0.5, 0.6) is 0 Å². The Bertz CT molecular complexity index is 593. The molecule has 5 heteroatoms. The average molecular weight is 287 g/mol. The molecule has 0 fully saturated rings. The van der Waals surface area contributed by atoms with E-state index in [4.69, 9.17) is 5.11 Å². The molecule has 1 N–H and O–H groups in total. The summed E-state index contributed by atoms with van der Waals surface area (Å²) < 4.78 is 1.88. The van der Waals surface area contributed by atoms with Crippen LogP contribution >= 0.6 is 0 Å². The maximum atomic E-state index is 10.7. The lowest BCUT2D eigenvalue weighted by Gasteiger charge is -2.24. The highest BCUT2D eigenvalue weighted by atomic mass is 16.4. The Kier molecular flexibility index (Phi) is 4.98. The van der Waals surface area contributed by atoms with Crippen LogP contribution in [0.25, 0.3) is 0 Å². The van der Waals surface area contributed by atoms with Gasteiger partial charge in [0.1, 0.15) is 0 Å². The fourth-order valence-corrected chi connectivity index (χ4v) is 2.37. The molecule has 0 atom stereocenters. The lowest BCUT2D eigenvalue weighted by molar-refractivity contribution is -0.137. The summed E-state index contributed by atoms with van der Waals surface area (Å²) in [5, 5.41) is 13.2. The lowest BCUT2D eigenvalue weighted by Crippen LogP contribution is -2.25. The highest BCUT2D eigenvalue weighted by Gasteiger charge is 2.11. The summed E-state index contributed by atoms with van der Waals surface area (Å²) in [7, 11) is 1.93. The van der Waals surface area contributed by atoms with Crippen LogP contribution in [-0.4, -0.2) is 27.4 Å². The van der Waals surface area contributed by atoms with E-state index < -0.39 is 5.97 Å². The van der Waals surface area contributed by atoms with Crippen LogP contribution in [-0.2, 0) is 18.4 Å². The molecule has 112 valence electrons. The van der Waals surface area contributed by atoms with Crippen molar-refractivity contribution in [3.63, 3.8) is 0 Å². The fourth-order valence-electron chi connectivity index (χ4n) is 2.37. The van der Waals surface area contributed by atoms with Crippen molar-refractivity contribution in [1.82, 2.24) is 9.78 Å². The minimum Gasteiger partial charge on any atom is -0.481 e. The number of carboxylic acids is 1. The monoisotopic (exact) mass is 287 g/mol. The number of carboxylic acid groups (broad SMARTS) is 1. The zero-order chi connectivity index (χ0) is 15.2. The zero-order valence-corrected chi connectivity index (χ0v) is 12.5. The number of hydrogen-bond donors (Lipinski definition) is 1. The number of carbonyl (C=O) groups is 1. The summed E-state index contributed by atoms with van der Waals surface area (Å²) in [6, 6.07) is 12.1. The first kappa shape index (κ1) is 15.1. The van der Waals surface area contributed by atoms with Crippen molar-refractivity contribution in [3.05, 3.63) is 47.8 Å². The molecule has 2 rings (SSSR count). The van der Waals surface area contributed by atoms with Gasteiger partial charge in [0.05, 0.1) is 17.9 Å². The quantitative estimate of drug-likeness (QED) is 0.850. The Labute approximate surface area is 124 Å². The molecule has 0 spiro atoms. The number of aryl methyl sites for hydroxylation is 2. The molecule has 0 saturated heterocycles. The lowest BCUT2D eigenvalue weighted by atomic mass is 10.2. The largest absolute Gasteiger partial charge is 0.481 e. The number of nitrogens with zero attached hydrogens (tertiary/aromatic N) is 3. The van der Waals surface area contributed by atoms with Crippen molar-refractivity contribution in [2.45, 2.75) is 26.3 Å². The van der Waals surface area contributed by atoms with Gasteiger partial charge >= 0.3 is 5.97 Å². The van der Waals surface area contributed by atoms with Gasteiger partial charge in [-0.3, -0.25) is 9.48 Å². The van der Waals surface area contributed by atoms with E-state index in [-0.39, 0.29) is 6.42 Å². The molecule has 0 saturated carbocycles. The Morgan fingerprint density at radius 3 is 2.62 bits per heavy atom. The highest BCUT2D eigenvalue weighted by Crippen LogP contribution is 2.18. The molecular formula is C16H21N3O2. The first-order valence-electron chi connectivity index (χ1n) is 7.07. The van der Waals surface area contributed by atoms with E-state index in [1.165, 1.54) is 0 Å². The van der Waals surface area contributed by atoms with Crippen molar-refractivity contribution in [3.8, 4) is 0 Å². The summed E-state index contributed by atoms with van der Waals surface area (Å²) in [6.07, 6.45) is 0.814. The number of benzene rings is 1. The van der Waals surface area contributed by atoms with Crippen LogP contribution in [0, 0.1) is 6.92 Å². The zero-order valence-electron chi connectivity index (χ0n) is 12.5. The van der Waals surface area contributed by atoms with Gasteiger partial charge < -0.3 is 10.0 Å². The van der Waals surface area contributed by atoms with Gasteiger partial charge in [-0.2, -0.15) is 5.10 Å². The second kappa shape index (κ2) is 6.92. The first-order chi connectivity index (χ1) is 10.1. The van der Waals surface area contributed by atoms with Crippen LogP contribution in [0.3, 0.4) is 0 Å². The predicted octanol–water partition coefficient (Wildman–Crippen LogP) is 2.60. The molecule has 0 bridgehead atoms. The first-order valence-corrected chi connectivity index (χ1v) is 7.07. The molecule has 0 unspecified atom stereocenters. The van der Waals surface area contributed by atoms with Gasteiger partial charge in [-0.25, -0.2) is 0 Å². The second-order valence-electron chi connectivity index (χ2n) is 5.16. The number of aromatic nitrogens is 2. The van der Waals surface area contributed by atoms with E-state index in [2.05, 4.69) is 16.1 Å². The number of aliphatic carboxylic acids is 1. The van der Waals surface area contributed by atoms with Gasteiger partial charge in [-0.05, 0) is 31.5 Å². The molecule has 1 aromatic carbocycles. The topological polar surface area (TPSA) is 58.4 Å². The molecule has 0 amide bonds. The van der Waals surface area contributed by atoms with Crippen molar-refractivity contribution in [1.29, 1.82) is 0 Å². The Morgan fingerprint density at radius 2 is 2.05 bits per heavy atom. The third kappa shape index (κ3) is 4.34. The van der Waals surface area contributed by atoms with Crippen molar-refractivity contribution in [2.75, 3.05) is 11.4 Å². The van der Waals surface area contributed by atoms with E-state index in [1.54, 1.807) is 0 Å². The predicted molar refractivity (Wildman–Crippen MR) is 82.3 cm³/mol. The Balaban J connectivity index is 2.11. The molecule has 0 aliphatic carbocycles. The molecule has 21 heavy (non-hydrogen) atoms. The number of rotatable bonds is 7. The van der Waals surface area contributed by atoms with E-state index in [9.17, 15) is 4.79 Å². The van der Waals surface area contributed by atoms with E-state index in [1.807, 2.05) is 49.0 Å². The minimum atomic E-state index is -0.751. The van der Waals surface area contributed by atoms with E-state index >= 15 is 0 Å². The molecule has 0 radical (unpaired) electrons. The van der Waals surface area contributed by atoms with Gasteiger partial charge in [0.25, 0.3) is 0 Å². The molecule has 1 aromatic heterocycles. The molecular weight excluding hydrogens is 266 g/mol. The van der Waals surface area contributed by atoms with Gasteiger partial charge in [0, 0.05) is 25.7 Å². The average Bonchev–Trinajstić information content (AvgIpc) is 2.76. The standard InChI is InChI=1S/C16H21N3O2/c1-13-11-15(18(2)17-13)12-19(10-6-9-16(20)21)14-7-4-3-5-8-14/h3-5,7-8,11H,6,9-10,12H2,1-2H3,(H,20,21). The van der Waals surface area contributed by atoms with Crippen molar-refractivity contribution >= 4 is 11.7 Å². The van der Waals surface area contributed by atoms with Crippen molar-refractivity contribution in [2.24, 2.45) is 7.05 Å².